The van der Waals surface area contributed by atoms with Gasteiger partial charge < -0.3 is 4.74 Å². The number of hydrazine groups is 1. The van der Waals surface area contributed by atoms with Gasteiger partial charge in [-0.1, -0.05) is 72.8 Å². The predicted octanol–water partition coefficient (Wildman–Crippen LogP) is 4.20. The molecule has 0 radical (unpaired) electrons. The Labute approximate surface area is 149 Å². The van der Waals surface area contributed by atoms with Gasteiger partial charge in [0, 0.05) is 19.0 Å². The second-order valence-electron chi connectivity index (χ2n) is 6.15. The van der Waals surface area contributed by atoms with Crippen molar-refractivity contribution in [2.75, 3.05) is 13.7 Å². The molecule has 0 aliphatic carbocycles. The van der Waals surface area contributed by atoms with Gasteiger partial charge in [0.15, 0.2) is 0 Å². The molecule has 0 saturated carbocycles. The normalized spacial score (nSPS) is 11.0. The van der Waals surface area contributed by atoms with Crippen LogP contribution in [0.25, 0.3) is 0 Å². The lowest BCUT2D eigenvalue weighted by atomic mass is 9.91. The first-order valence-corrected chi connectivity index (χ1v) is 8.48. The Bertz CT molecular complexity index is 718. The summed E-state index contributed by atoms with van der Waals surface area (Å²) < 4.78 is 5.21. The Morgan fingerprint density at radius 3 is 1.80 bits per heavy atom. The van der Waals surface area contributed by atoms with Crippen LogP contribution in [0.2, 0.25) is 0 Å². The summed E-state index contributed by atoms with van der Waals surface area (Å²) in [5.74, 6) is 7.46. The molecule has 0 aromatic heterocycles. The average molecular weight is 332 g/mol. The molecule has 0 amide bonds. The summed E-state index contributed by atoms with van der Waals surface area (Å²) in [5.41, 5.74) is 3.72. The van der Waals surface area contributed by atoms with E-state index in [9.17, 15) is 0 Å². The minimum Gasteiger partial charge on any atom is -0.497 e. The number of hydrogen-bond donors (Lipinski definition) is 1. The third-order valence-corrected chi connectivity index (χ3v) is 4.37. The number of nitrogens with two attached hydrogens (primary N) is 1. The number of rotatable bonds is 7. The molecular formula is C22H24N2O. The molecule has 0 bridgehead atoms. The van der Waals surface area contributed by atoms with Gasteiger partial charge in [-0.15, -0.1) is 0 Å². The molecule has 2 N–H and O–H groups in total. The zero-order valence-electron chi connectivity index (χ0n) is 14.5. The zero-order valence-corrected chi connectivity index (χ0v) is 14.5. The van der Waals surface area contributed by atoms with E-state index < -0.39 is 0 Å². The van der Waals surface area contributed by atoms with Crippen LogP contribution in [0.3, 0.4) is 0 Å². The molecule has 25 heavy (non-hydrogen) atoms. The molecule has 0 aliphatic heterocycles. The van der Waals surface area contributed by atoms with Crippen molar-refractivity contribution in [2.45, 2.75) is 12.5 Å². The Balaban J connectivity index is 1.75. The van der Waals surface area contributed by atoms with Gasteiger partial charge >= 0.3 is 0 Å². The van der Waals surface area contributed by atoms with Crippen molar-refractivity contribution < 1.29 is 4.74 Å². The van der Waals surface area contributed by atoms with Crippen molar-refractivity contribution in [3.63, 3.8) is 0 Å². The SMILES string of the molecule is COc1ccc(CN(N)CC(c2ccccc2)c2ccccc2)cc1. The van der Waals surface area contributed by atoms with Crippen LogP contribution in [0.15, 0.2) is 84.9 Å². The van der Waals surface area contributed by atoms with Crippen LogP contribution in [-0.2, 0) is 6.54 Å². The molecule has 3 aromatic rings. The van der Waals surface area contributed by atoms with Crippen molar-refractivity contribution >= 4 is 0 Å². The Kier molecular flexibility index (Phi) is 5.83. The van der Waals surface area contributed by atoms with Crippen LogP contribution in [0.5, 0.6) is 5.75 Å². The summed E-state index contributed by atoms with van der Waals surface area (Å²) in [6.45, 7) is 1.44. The van der Waals surface area contributed by atoms with Gasteiger partial charge in [-0.25, -0.2) is 5.01 Å². The van der Waals surface area contributed by atoms with Gasteiger partial charge in [0.2, 0.25) is 0 Å². The van der Waals surface area contributed by atoms with E-state index in [-0.39, 0.29) is 5.92 Å². The first-order chi connectivity index (χ1) is 12.3. The van der Waals surface area contributed by atoms with Gasteiger partial charge in [-0.05, 0) is 28.8 Å². The number of nitrogens with zero attached hydrogens (tertiary/aromatic N) is 1. The Hall–Kier alpha value is -2.62. The lowest BCUT2D eigenvalue weighted by molar-refractivity contribution is 0.265. The van der Waals surface area contributed by atoms with Crippen LogP contribution in [0, 0.1) is 0 Å². The second kappa shape index (κ2) is 8.47. The first-order valence-electron chi connectivity index (χ1n) is 8.48. The lowest BCUT2D eigenvalue weighted by Gasteiger charge is -2.25. The first kappa shape index (κ1) is 17.2. The average Bonchev–Trinajstić information content (AvgIpc) is 2.68. The Morgan fingerprint density at radius 2 is 1.32 bits per heavy atom. The van der Waals surface area contributed by atoms with Gasteiger partial charge in [0.25, 0.3) is 0 Å². The molecule has 3 rings (SSSR count). The number of methoxy groups -OCH3 is 1. The number of hydrogen-bond acceptors (Lipinski definition) is 3. The highest BCUT2D eigenvalue weighted by atomic mass is 16.5. The number of ether oxygens (including phenoxy) is 1. The van der Waals surface area contributed by atoms with E-state index in [1.165, 1.54) is 16.7 Å². The maximum Gasteiger partial charge on any atom is 0.118 e. The minimum atomic E-state index is 0.241. The molecule has 128 valence electrons. The molecule has 0 fully saturated rings. The van der Waals surface area contributed by atoms with Crippen molar-refractivity contribution in [3.05, 3.63) is 102 Å². The summed E-state index contributed by atoms with van der Waals surface area (Å²) >= 11 is 0. The highest BCUT2D eigenvalue weighted by Gasteiger charge is 2.16. The molecule has 0 heterocycles. The fraction of sp³-hybridized carbons (Fsp3) is 0.182. The van der Waals surface area contributed by atoms with E-state index in [0.29, 0.717) is 6.54 Å². The Morgan fingerprint density at radius 1 is 0.800 bits per heavy atom. The molecule has 3 heteroatoms. The minimum absolute atomic E-state index is 0.241. The van der Waals surface area contributed by atoms with Crippen LogP contribution < -0.4 is 10.6 Å². The van der Waals surface area contributed by atoms with Crippen molar-refractivity contribution in [3.8, 4) is 5.75 Å². The standard InChI is InChI=1S/C22H24N2O/c1-25-21-14-12-18(13-15-21)16-24(23)17-22(19-8-4-2-5-9-19)20-10-6-3-7-11-20/h2-15,22H,16-17,23H2,1H3. The second-order valence-corrected chi connectivity index (χ2v) is 6.15. The molecule has 3 aromatic carbocycles. The monoisotopic (exact) mass is 332 g/mol. The molecule has 0 aliphatic rings. The maximum absolute atomic E-state index is 6.35. The quantitative estimate of drug-likeness (QED) is 0.520. The summed E-state index contributed by atoms with van der Waals surface area (Å²) in [6.07, 6.45) is 0. The van der Waals surface area contributed by atoms with E-state index in [2.05, 4.69) is 60.7 Å². The predicted molar refractivity (Wildman–Crippen MR) is 102 cm³/mol. The van der Waals surface area contributed by atoms with Gasteiger partial charge in [0.1, 0.15) is 5.75 Å². The molecule has 0 saturated heterocycles. The van der Waals surface area contributed by atoms with Crippen LogP contribution in [0.4, 0.5) is 0 Å². The third-order valence-electron chi connectivity index (χ3n) is 4.37. The number of benzene rings is 3. The lowest BCUT2D eigenvalue weighted by Crippen LogP contribution is -2.34. The zero-order chi connectivity index (χ0) is 17.5. The molecule has 0 atom stereocenters. The highest BCUT2D eigenvalue weighted by molar-refractivity contribution is 5.33. The van der Waals surface area contributed by atoms with Crippen LogP contribution >= 0.6 is 0 Å². The fourth-order valence-electron chi connectivity index (χ4n) is 3.04. The fourth-order valence-corrected chi connectivity index (χ4v) is 3.04. The molecule has 0 unspecified atom stereocenters. The van der Waals surface area contributed by atoms with Gasteiger partial charge in [0.05, 0.1) is 7.11 Å². The van der Waals surface area contributed by atoms with Gasteiger partial charge in [-0.3, -0.25) is 5.84 Å². The maximum atomic E-state index is 6.35. The molecule has 0 spiro atoms. The largest absolute Gasteiger partial charge is 0.497 e. The third kappa shape index (κ3) is 4.69. The van der Waals surface area contributed by atoms with E-state index in [4.69, 9.17) is 10.6 Å². The summed E-state index contributed by atoms with van der Waals surface area (Å²) in [4.78, 5) is 0. The highest BCUT2D eigenvalue weighted by Crippen LogP contribution is 2.25. The summed E-state index contributed by atoms with van der Waals surface area (Å²) in [6, 6.07) is 29.1. The van der Waals surface area contributed by atoms with Crippen molar-refractivity contribution in [1.29, 1.82) is 0 Å². The van der Waals surface area contributed by atoms with Crippen molar-refractivity contribution in [1.82, 2.24) is 5.01 Å². The van der Waals surface area contributed by atoms with E-state index in [0.717, 1.165) is 12.3 Å². The van der Waals surface area contributed by atoms with Gasteiger partial charge in [-0.2, -0.15) is 0 Å². The summed E-state index contributed by atoms with van der Waals surface area (Å²) in [5, 5.41) is 1.88. The molecule has 3 nitrogen and oxygen atoms in total. The topological polar surface area (TPSA) is 38.5 Å². The van der Waals surface area contributed by atoms with Crippen LogP contribution in [-0.4, -0.2) is 18.7 Å². The molecular weight excluding hydrogens is 308 g/mol. The van der Waals surface area contributed by atoms with E-state index in [1.807, 2.05) is 29.3 Å². The van der Waals surface area contributed by atoms with E-state index in [1.54, 1.807) is 7.11 Å². The van der Waals surface area contributed by atoms with E-state index >= 15 is 0 Å². The smallest absolute Gasteiger partial charge is 0.118 e. The summed E-state index contributed by atoms with van der Waals surface area (Å²) in [7, 11) is 1.68. The van der Waals surface area contributed by atoms with Crippen molar-refractivity contribution in [2.24, 2.45) is 5.84 Å². The van der Waals surface area contributed by atoms with Crippen LogP contribution in [0.1, 0.15) is 22.6 Å².